The van der Waals surface area contributed by atoms with Crippen molar-refractivity contribution in [2.75, 3.05) is 0 Å². The molecule has 2 aromatic heterocycles. The lowest BCUT2D eigenvalue weighted by Crippen LogP contribution is -2.24. The lowest BCUT2D eigenvalue weighted by atomic mass is 10.1. The van der Waals surface area contributed by atoms with Gasteiger partial charge in [-0.3, -0.25) is 14.2 Å². The average Bonchev–Trinajstić information content (AvgIpc) is 2.55. The molecular weight excluding hydrogens is 283 g/mol. The normalized spacial score (nSPS) is 10.4. The zero-order valence-electron chi connectivity index (χ0n) is 11.4. The van der Waals surface area contributed by atoms with Crippen molar-refractivity contribution in [3.05, 3.63) is 94.3 Å². The van der Waals surface area contributed by atoms with Gasteiger partial charge in [-0.2, -0.15) is 0 Å². The zero-order valence-corrected chi connectivity index (χ0v) is 11.4. The van der Waals surface area contributed by atoms with Crippen LogP contribution in [0.5, 0.6) is 0 Å². The highest BCUT2D eigenvalue weighted by molar-refractivity contribution is 6.08. The van der Waals surface area contributed by atoms with Gasteiger partial charge in [-0.05, 0) is 30.3 Å². The minimum Gasteiger partial charge on any atom is -0.287 e. The molecular formula is C17H11FN2O2. The van der Waals surface area contributed by atoms with Crippen molar-refractivity contribution in [3.8, 4) is 5.82 Å². The Morgan fingerprint density at radius 1 is 0.955 bits per heavy atom. The van der Waals surface area contributed by atoms with Crippen molar-refractivity contribution in [1.29, 1.82) is 0 Å². The lowest BCUT2D eigenvalue weighted by Gasteiger charge is -2.11. The van der Waals surface area contributed by atoms with Gasteiger partial charge >= 0.3 is 0 Å². The van der Waals surface area contributed by atoms with E-state index in [1.54, 1.807) is 24.3 Å². The van der Waals surface area contributed by atoms with Crippen LogP contribution in [0.1, 0.15) is 16.1 Å². The first-order valence-corrected chi connectivity index (χ1v) is 6.61. The van der Waals surface area contributed by atoms with Crippen LogP contribution in [-0.4, -0.2) is 15.3 Å². The summed E-state index contributed by atoms with van der Waals surface area (Å²) in [6, 6.07) is 15.0. The standard InChI is InChI=1S/C17H11FN2O2/c18-13-7-2-1-6-12(13)17(22)14-8-5-10-16(21)20(14)15-9-3-4-11-19-15/h1-11H. The number of ketones is 1. The number of carbonyl (C=O) groups is 1. The summed E-state index contributed by atoms with van der Waals surface area (Å²) in [5, 5.41) is 0. The second kappa shape index (κ2) is 5.73. The SMILES string of the molecule is O=C(c1ccccc1F)c1cccc(=O)n1-c1ccccn1. The molecule has 0 spiro atoms. The van der Waals surface area contributed by atoms with Crippen LogP contribution in [0.15, 0.2) is 71.7 Å². The molecule has 22 heavy (non-hydrogen) atoms. The van der Waals surface area contributed by atoms with Crippen molar-refractivity contribution >= 4 is 5.78 Å². The van der Waals surface area contributed by atoms with Crippen LogP contribution in [0, 0.1) is 5.82 Å². The monoisotopic (exact) mass is 294 g/mol. The summed E-state index contributed by atoms with van der Waals surface area (Å²) >= 11 is 0. The van der Waals surface area contributed by atoms with Crippen molar-refractivity contribution in [3.63, 3.8) is 0 Å². The summed E-state index contributed by atoms with van der Waals surface area (Å²) in [6.45, 7) is 0. The van der Waals surface area contributed by atoms with E-state index >= 15 is 0 Å². The number of hydrogen-bond donors (Lipinski definition) is 0. The average molecular weight is 294 g/mol. The minimum atomic E-state index is -0.628. The first kappa shape index (κ1) is 13.9. The highest BCUT2D eigenvalue weighted by Crippen LogP contribution is 2.14. The Morgan fingerprint density at radius 3 is 2.45 bits per heavy atom. The predicted molar refractivity (Wildman–Crippen MR) is 79.7 cm³/mol. The summed E-state index contributed by atoms with van der Waals surface area (Å²) in [4.78, 5) is 28.8. The molecule has 2 heterocycles. The van der Waals surface area contributed by atoms with E-state index in [1.807, 2.05) is 0 Å². The number of carbonyl (C=O) groups excluding carboxylic acids is 1. The quantitative estimate of drug-likeness (QED) is 0.698. The fourth-order valence-electron chi connectivity index (χ4n) is 2.17. The van der Waals surface area contributed by atoms with Crippen LogP contribution in [0.3, 0.4) is 0 Å². The van der Waals surface area contributed by atoms with E-state index in [2.05, 4.69) is 4.98 Å². The molecule has 0 saturated carbocycles. The van der Waals surface area contributed by atoms with E-state index in [1.165, 1.54) is 47.2 Å². The summed E-state index contributed by atoms with van der Waals surface area (Å²) in [5.74, 6) is -0.884. The Hall–Kier alpha value is -3.08. The fourth-order valence-corrected chi connectivity index (χ4v) is 2.17. The van der Waals surface area contributed by atoms with Crippen LogP contribution in [-0.2, 0) is 0 Å². The molecule has 0 unspecified atom stereocenters. The van der Waals surface area contributed by atoms with E-state index in [-0.39, 0.29) is 11.3 Å². The topological polar surface area (TPSA) is 52.0 Å². The van der Waals surface area contributed by atoms with Crippen LogP contribution >= 0.6 is 0 Å². The Balaban J connectivity index is 2.21. The molecule has 3 aromatic rings. The van der Waals surface area contributed by atoms with E-state index in [0.717, 1.165) is 0 Å². The molecule has 0 atom stereocenters. The highest BCUT2D eigenvalue weighted by atomic mass is 19.1. The number of hydrogen-bond acceptors (Lipinski definition) is 3. The maximum atomic E-state index is 13.8. The van der Waals surface area contributed by atoms with Gasteiger partial charge in [0.25, 0.3) is 5.56 Å². The number of pyridine rings is 2. The minimum absolute atomic E-state index is 0.0660. The fraction of sp³-hybridized carbons (Fsp3) is 0. The Kier molecular flexibility index (Phi) is 3.62. The molecule has 1 aromatic carbocycles. The highest BCUT2D eigenvalue weighted by Gasteiger charge is 2.18. The number of nitrogens with zero attached hydrogens (tertiary/aromatic N) is 2. The predicted octanol–water partition coefficient (Wildman–Crippen LogP) is 2.60. The third-order valence-corrected chi connectivity index (χ3v) is 3.18. The molecule has 0 bridgehead atoms. The molecule has 0 radical (unpaired) electrons. The van der Waals surface area contributed by atoms with Gasteiger partial charge in [0.2, 0.25) is 5.78 Å². The molecule has 0 saturated heterocycles. The van der Waals surface area contributed by atoms with E-state index in [0.29, 0.717) is 5.82 Å². The smallest absolute Gasteiger partial charge is 0.256 e. The van der Waals surface area contributed by atoms with Crippen LogP contribution in [0.25, 0.3) is 5.82 Å². The van der Waals surface area contributed by atoms with Crippen molar-refractivity contribution in [2.45, 2.75) is 0 Å². The van der Waals surface area contributed by atoms with Crippen molar-refractivity contribution in [2.24, 2.45) is 0 Å². The van der Waals surface area contributed by atoms with Gasteiger partial charge in [-0.25, -0.2) is 9.37 Å². The van der Waals surface area contributed by atoms with E-state index in [9.17, 15) is 14.0 Å². The first-order valence-electron chi connectivity index (χ1n) is 6.61. The first-order chi connectivity index (χ1) is 10.7. The Bertz CT molecular complexity index is 888. The van der Waals surface area contributed by atoms with Gasteiger partial charge in [0, 0.05) is 12.3 Å². The van der Waals surface area contributed by atoms with Gasteiger partial charge in [0.05, 0.1) is 11.3 Å². The number of halogens is 1. The third-order valence-electron chi connectivity index (χ3n) is 3.18. The molecule has 0 aliphatic heterocycles. The maximum Gasteiger partial charge on any atom is 0.256 e. The lowest BCUT2D eigenvalue weighted by molar-refractivity contribution is 0.102. The van der Waals surface area contributed by atoms with Gasteiger partial charge in [0.15, 0.2) is 0 Å². The zero-order chi connectivity index (χ0) is 15.5. The molecule has 0 fully saturated rings. The van der Waals surface area contributed by atoms with E-state index < -0.39 is 17.2 Å². The van der Waals surface area contributed by atoms with Gasteiger partial charge in [0.1, 0.15) is 11.6 Å². The summed E-state index contributed by atoms with van der Waals surface area (Å²) in [6.07, 6.45) is 1.52. The van der Waals surface area contributed by atoms with E-state index in [4.69, 9.17) is 0 Å². The molecule has 5 heteroatoms. The Labute approximate surface area is 125 Å². The number of rotatable bonds is 3. The summed E-state index contributed by atoms with van der Waals surface area (Å²) in [7, 11) is 0. The molecule has 0 N–H and O–H groups in total. The molecule has 4 nitrogen and oxygen atoms in total. The van der Waals surface area contributed by atoms with Gasteiger partial charge in [-0.1, -0.05) is 24.3 Å². The van der Waals surface area contributed by atoms with Crippen LogP contribution in [0.4, 0.5) is 4.39 Å². The molecule has 0 aliphatic carbocycles. The van der Waals surface area contributed by atoms with Gasteiger partial charge < -0.3 is 0 Å². The molecule has 108 valence electrons. The molecule has 3 rings (SSSR count). The second-order valence-electron chi connectivity index (χ2n) is 4.58. The van der Waals surface area contributed by atoms with Crippen molar-refractivity contribution < 1.29 is 9.18 Å². The molecule has 0 amide bonds. The third kappa shape index (κ3) is 2.44. The number of benzene rings is 1. The number of aromatic nitrogens is 2. The second-order valence-corrected chi connectivity index (χ2v) is 4.58. The van der Waals surface area contributed by atoms with Crippen LogP contribution < -0.4 is 5.56 Å². The summed E-state index contributed by atoms with van der Waals surface area (Å²) in [5.41, 5.74) is -0.421. The summed E-state index contributed by atoms with van der Waals surface area (Å²) < 4.78 is 15.0. The maximum absolute atomic E-state index is 13.8. The molecule has 0 aliphatic rings. The largest absolute Gasteiger partial charge is 0.287 e. The van der Waals surface area contributed by atoms with Crippen LogP contribution in [0.2, 0.25) is 0 Å². The van der Waals surface area contributed by atoms with Gasteiger partial charge in [-0.15, -0.1) is 0 Å². The van der Waals surface area contributed by atoms with Crippen molar-refractivity contribution in [1.82, 2.24) is 9.55 Å². The Morgan fingerprint density at radius 2 is 1.73 bits per heavy atom.